The molecule has 0 aliphatic carbocycles. The highest BCUT2D eigenvalue weighted by Gasteiger charge is 2.50. The highest BCUT2D eigenvalue weighted by Crippen LogP contribution is 2.39. The van der Waals surface area contributed by atoms with Crippen molar-refractivity contribution in [2.75, 3.05) is 0 Å². The second kappa shape index (κ2) is 5.85. The van der Waals surface area contributed by atoms with E-state index >= 15 is 0 Å². The SMILES string of the molecule is CC(c1ccccc1)C(C(=O)OC(C)(C)C)C(F)(F)F. The fraction of sp³-hybridized carbons (Fsp3) is 0.533. The molecule has 1 aromatic carbocycles. The topological polar surface area (TPSA) is 26.3 Å². The number of rotatable bonds is 3. The highest BCUT2D eigenvalue weighted by molar-refractivity contribution is 5.75. The van der Waals surface area contributed by atoms with Crippen LogP contribution in [0.15, 0.2) is 30.3 Å². The van der Waals surface area contributed by atoms with Crippen LogP contribution in [0, 0.1) is 5.92 Å². The zero-order valence-corrected chi connectivity index (χ0v) is 12.0. The van der Waals surface area contributed by atoms with Gasteiger partial charge in [-0.15, -0.1) is 0 Å². The molecule has 0 saturated carbocycles. The van der Waals surface area contributed by atoms with Gasteiger partial charge in [0.1, 0.15) is 5.60 Å². The summed E-state index contributed by atoms with van der Waals surface area (Å²) in [6, 6.07) is 8.16. The Bertz CT molecular complexity index is 446. The quantitative estimate of drug-likeness (QED) is 0.775. The maximum absolute atomic E-state index is 13.2. The normalized spacial score (nSPS) is 15.6. The van der Waals surface area contributed by atoms with E-state index in [1.807, 2.05) is 0 Å². The van der Waals surface area contributed by atoms with Crippen molar-refractivity contribution < 1.29 is 22.7 Å². The average Bonchev–Trinajstić information content (AvgIpc) is 2.25. The maximum Gasteiger partial charge on any atom is 0.402 e. The van der Waals surface area contributed by atoms with Gasteiger partial charge in [-0.25, -0.2) is 0 Å². The van der Waals surface area contributed by atoms with Crippen molar-refractivity contribution in [2.45, 2.75) is 45.4 Å². The predicted molar refractivity (Wildman–Crippen MR) is 70.2 cm³/mol. The minimum Gasteiger partial charge on any atom is -0.459 e. The molecular weight excluding hydrogens is 269 g/mol. The summed E-state index contributed by atoms with van der Waals surface area (Å²) in [7, 11) is 0. The van der Waals surface area contributed by atoms with E-state index in [-0.39, 0.29) is 0 Å². The minimum absolute atomic E-state index is 0.459. The molecule has 1 rings (SSSR count). The summed E-state index contributed by atoms with van der Waals surface area (Å²) in [6.07, 6.45) is -4.64. The lowest BCUT2D eigenvalue weighted by molar-refractivity contribution is -0.207. The Morgan fingerprint density at radius 1 is 1.10 bits per heavy atom. The van der Waals surface area contributed by atoms with E-state index in [0.29, 0.717) is 5.56 Å². The zero-order chi connectivity index (χ0) is 15.6. The van der Waals surface area contributed by atoms with Crippen LogP contribution in [0.5, 0.6) is 0 Å². The number of carbonyl (C=O) groups is 1. The first-order chi connectivity index (χ1) is 9.02. The number of esters is 1. The Labute approximate surface area is 116 Å². The van der Waals surface area contributed by atoms with Gasteiger partial charge in [-0.2, -0.15) is 13.2 Å². The molecule has 0 amide bonds. The van der Waals surface area contributed by atoms with Crippen molar-refractivity contribution in [3.8, 4) is 0 Å². The fourth-order valence-electron chi connectivity index (χ4n) is 1.94. The van der Waals surface area contributed by atoms with Crippen LogP contribution in [0.4, 0.5) is 13.2 Å². The molecule has 2 atom stereocenters. The van der Waals surface area contributed by atoms with Crippen LogP contribution in [0.25, 0.3) is 0 Å². The fourth-order valence-corrected chi connectivity index (χ4v) is 1.94. The van der Waals surface area contributed by atoms with Crippen LogP contribution in [-0.2, 0) is 9.53 Å². The molecule has 0 aliphatic rings. The van der Waals surface area contributed by atoms with E-state index in [9.17, 15) is 18.0 Å². The lowest BCUT2D eigenvalue weighted by Crippen LogP contribution is -2.39. The summed E-state index contributed by atoms with van der Waals surface area (Å²) >= 11 is 0. The lowest BCUT2D eigenvalue weighted by Gasteiger charge is -2.28. The number of alkyl halides is 3. The molecule has 112 valence electrons. The van der Waals surface area contributed by atoms with Crippen molar-refractivity contribution in [3.63, 3.8) is 0 Å². The van der Waals surface area contributed by atoms with E-state index in [1.165, 1.54) is 6.92 Å². The molecule has 0 saturated heterocycles. The van der Waals surface area contributed by atoms with Crippen LogP contribution < -0.4 is 0 Å². The molecule has 0 fully saturated rings. The van der Waals surface area contributed by atoms with Crippen molar-refractivity contribution >= 4 is 5.97 Å². The van der Waals surface area contributed by atoms with Gasteiger partial charge < -0.3 is 4.74 Å². The Balaban J connectivity index is 3.05. The largest absolute Gasteiger partial charge is 0.459 e. The molecule has 2 nitrogen and oxygen atoms in total. The van der Waals surface area contributed by atoms with Gasteiger partial charge in [0.25, 0.3) is 0 Å². The van der Waals surface area contributed by atoms with Gasteiger partial charge >= 0.3 is 12.1 Å². The molecule has 0 aliphatic heterocycles. The van der Waals surface area contributed by atoms with E-state index in [2.05, 4.69) is 0 Å². The molecular formula is C15H19F3O2. The number of ether oxygens (including phenoxy) is 1. The summed E-state index contributed by atoms with van der Waals surface area (Å²) in [5.41, 5.74) is -0.488. The maximum atomic E-state index is 13.2. The second-order valence-electron chi connectivity index (χ2n) is 5.75. The number of hydrogen-bond acceptors (Lipinski definition) is 2. The standard InChI is InChI=1S/C15H19F3O2/c1-10(11-8-6-5-7-9-11)12(15(16,17)18)13(19)20-14(2,3)4/h5-10,12H,1-4H3. The monoisotopic (exact) mass is 288 g/mol. The smallest absolute Gasteiger partial charge is 0.402 e. The lowest BCUT2D eigenvalue weighted by atomic mass is 9.87. The van der Waals surface area contributed by atoms with Crippen molar-refractivity contribution in [3.05, 3.63) is 35.9 Å². The van der Waals surface area contributed by atoms with Gasteiger partial charge in [-0.3, -0.25) is 4.79 Å². The molecule has 0 bridgehead atoms. The Kier molecular flexibility index (Phi) is 4.84. The average molecular weight is 288 g/mol. The van der Waals surface area contributed by atoms with Gasteiger partial charge in [0.2, 0.25) is 0 Å². The molecule has 0 heterocycles. The molecule has 0 aromatic heterocycles. The van der Waals surface area contributed by atoms with Gasteiger partial charge in [0.15, 0.2) is 5.92 Å². The molecule has 20 heavy (non-hydrogen) atoms. The first-order valence-corrected chi connectivity index (χ1v) is 6.37. The third-order valence-corrected chi connectivity index (χ3v) is 2.84. The Morgan fingerprint density at radius 3 is 2.00 bits per heavy atom. The second-order valence-corrected chi connectivity index (χ2v) is 5.75. The van der Waals surface area contributed by atoms with Crippen LogP contribution in [-0.4, -0.2) is 17.7 Å². The molecule has 0 N–H and O–H groups in total. The van der Waals surface area contributed by atoms with Crippen molar-refractivity contribution in [1.82, 2.24) is 0 Å². The molecule has 0 spiro atoms. The van der Waals surface area contributed by atoms with Crippen LogP contribution in [0.2, 0.25) is 0 Å². The van der Waals surface area contributed by atoms with E-state index < -0.39 is 29.6 Å². The van der Waals surface area contributed by atoms with E-state index in [4.69, 9.17) is 4.74 Å². The highest BCUT2D eigenvalue weighted by atomic mass is 19.4. The van der Waals surface area contributed by atoms with Gasteiger partial charge in [-0.1, -0.05) is 37.3 Å². The predicted octanol–water partition coefficient (Wildman–Crippen LogP) is 4.31. The third-order valence-electron chi connectivity index (χ3n) is 2.84. The van der Waals surface area contributed by atoms with E-state index in [1.54, 1.807) is 51.1 Å². The molecule has 0 radical (unpaired) electrons. The van der Waals surface area contributed by atoms with Gasteiger partial charge in [0, 0.05) is 5.92 Å². The zero-order valence-electron chi connectivity index (χ0n) is 12.0. The van der Waals surface area contributed by atoms with Crippen LogP contribution in [0.1, 0.15) is 39.2 Å². The summed E-state index contributed by atoms with van der Waals surface area (Å²) < 4.78 is 44.5. The first kappa shape index (κ1) is 16.5. The Hall–Kier alpha value is -1.52. The third kappa shape index (κ3) is 4.54. The number of benzene rings is 1. The number of carbonyl (C=O) groups excluding carboxylic acids is 1. The number of hydrogen-bond donors (Lipinski definition) is 0. The summed E-state index contributed by atoms with van der Waals surface area (Å²) in [4.78, 5) is 11.9. The van der Waals surface area contributed by atoms with Gasteiger partial charge in [0.05, 0.1) is 0 Å². The Morgan fingerprint density at radius 2 is 1.60 bits per heavy atom. The summed E-state index contributed by atoms with van der Waals surface area (Å²) in [6.45, 7) is 6.03. The number of halogens is 3. The van der Waals surface area contributed by atoms with Crippen molar-refractivity contribution in [1.29, 1.82) is 0 Å². The molecule has 5 heteroatoms. The van der Waals surface area contributed by atoms with E-state index in [0.717, 1.165) is 0 Å². The van der Waals surface area contributed by atoms with Crippen LogP contribution in [0.3, 0.4) is 0 Å². The summed E-state index contributed by atoms with van der Waals surface area (Å²) in [5.74, 6) is -4.39. The van der Waals surface area contributed by atoms with Crippen molar-refractivity contribution in [2.24, 2.45) is 5.92 Å². The molecule has 1 aromatic rings. The first-order valence-electron chi connectivity index (χ1n) is 6.37. The molecule has 2 unspecified atom stereocenters. The minimum atomic E-state index is -4.64. The van der Waals surface area contributed by atoms with Crippen LogP contribution >= 0.6 is 0 Å². The summed E-state index contributed by atoms with van der Waals surface area (Å²) in [5, 5.41) is 0. The van der Waals surface area contributed by atoms with Gasteiger partial charge in [-0.05, 0) is 26.3 Å².